The van der Waals surface area contributed by atoms with Crippen LogP contribution in [0.3, 0.4) is 0 Å². The molecule has 1 N–H and O–H groups in total. The fourth-order valence-corrected chi connectivity index (χ4v) is 1.93. The Labute approximate surface area is 96.4 Å². The van der Waals surface area contributed by atoms with Gasteiger partial charge in [0.2, 0.25) is 0 Å². The lowest BCUT2D eigenvalue weighted by Crippen LogP contribution is -2.31. The molecule has 0 bridgehead atoms. The first kappa shape index (κ1) is 10.5. The Morgan fingerprint density at radius 2 is 2.13 bits per heavy atom. The zero-order valence-electron chi connectivity index (χ0n) is 7.59. The number of carbonyl (C=O) groups excluding carboxylic acids is 2. The van der Waals surface area contributed by atoms with Crippen LogP contribution in [0.2, 0.25) is 0 Å². The van der Waals surface area contributed by atoms with Crippen LogP contribution in [0.4, 0.5) is 0 Å². The minimum Gasteiger partial charge on any atom is -0.289 e. The SMILES string of the molecule is O=C1C=C(C2(Cl)C=CC(Cl)=CC2)C(=O)N1. The molecule has 0 radical (unpaired) electrons. The van der Waals surface area contributed by atoms with Crippen LogP contribution >= 0.6 is 23.2 Å². The average Bonchev–Trinajstić information content (AvgIpc) is 2.52. The number of imide groups is 1. The largest absolute Gasteiger partial charge is 0.289 e. The maximum atomic E-state index is 11.4. The summed E-state index contributed by atoms with van der Waals surface area (Å²) in [6, 6.07) is 0. The van der Waals surface area contributed by atoms with Crippen molar-refractivity contribution in [2.24, 2.45) is 0 Å². The van der Waals surface area contributed by atoms with Gasteiger partial charge >= 0.3 is 0 Å². The van der Waals surface area contributed by atoms with E-state index >= 15 is 0 Å². The van der Waals surface area contributed by atoms with Gasteiger partial charge in [0.15, 0.2) is 0 Å². The van der Waals surface area contributed by atoms with Crippen molar-refractivity contribution >= 4 is 35.0 Å². The second kappa shape index (κ2) is 3.51. The lowest BCUT2D eigenvalue weighted by atomic mass is 9.91. The molecule has 0 saturated heterocycles. The van der Waals surface area contributed by atoms with E-state index < -0.39 is 16.7 Å². The molecular weight excluding hydrogens is 237 g/mol. The molecule has 1 atom stereocenters. The van der Waals surface area contributed by atoms with Crippen molar-refractivity contribution in [1.82, 2.24) is 5.32 Å². The van der Waals surface area contributed by atoms with Gasteiger partial charge in [0.1, 0.15) is 0 Å². The van der Waals surface area contributed by atoms with Crippen molar-refractivity contribution in [3.8, 4) is 0 Å². The molecule has 78 valence electrons. The molecule has 1 aliphatic heterocycles. The van der Waals surface area contributed by atoms with Crippen LogP contribution in [0, 0.1) is 0 Å². The third kappa shape index (κ3) is 1.85. The molecule has 2 amide bonds. The maximum absolute atomic E-state index is 11.4. The Hall–Kier alpha value is -1.06. The van der Waals surface area contributed by atoms with Crippen molar-refractivity contribution in [3.05, 3.63) is 34.9 Å². The topological polar surface area (TPSA) is 46.2 Å². The van der Waals surface area contributed by atoms with Crippen LogP contribution in [-0.4, -0.2) is 16.7 Å². The molecule has 0 saturated carbocycles. The molecular formula is C10H7Cl2NO2. The smallest absolute Gasteiger partial charge is 0.256 e. The van der Waals surface area contributed by atoms with E-state index in [1.807, 2.05) is 0 Å². The molecule has 0 aromatic heterocycles. The summed E-state index contributed by atoms with van der Waals surface area (Å²) in [5.74, 6) is -0.866. The van der Waals surface area contributed by atoms with Crippen molar-refractivity contribution < 1.29 is 9.59 Å². The second-order valence-corrected chi connectivity index (χ2v) is 4.48. The average molecular weight is 244 g/mol. The molecule has 15 heavy (non-hydrogen) atoms. The van der Waals surface area contributed by atoms with Crippen molar-refractivity contribution in [1.29, 1.82) is 0 Å². The van der Waals surface area contributed by atoms with Crippen LogP contribution in [0.1, 0.15) is 6.42 Å². The van der Waals surface area contributed by atoms with Gasteiger partial charge in [-0.05, 0) is 12.5 Å². The quantitative estimate of drug-likeness (QED) is 0.562. The first-order chi connectivity index (χ1) is 7.01. The van der Waals surface area contributed by atoms with Gasteiger partial charge in [-0.15, -0.1) is 11.6 Å². The van der Waals surface area contributed by atoms with Gasteiger partial charge in [-0.25, -0.2) is 0 Å². The summed E-state index contributed by atoms with van der Waals surface area (Å²) in [6.07, 6.45) is 6.59. The first-order valence-corrected chi connectivity index (χ1v) is 5.08. The number of hydrogen-bond donors (Lipinski definition) is 1. The van der Waals surface area contributed by atoms with E-state index in [1.54, 1.807) is 18.2 Å². The Morgan fingerprint density at radius 1 is 1.40 bits per heavy atom. The molecule has 2 aliphatic rings. The summed E-state index contributed by atoms with van der Waals surface area (Å²) in [6.45, 7) is 0. The highest BCUT2D eigenvalue weighted by molar-refractivity contribution is 6.35. The zero-order valence-corrected chi connectivity index (χ0v) is 9.10. The van der Waals surface area contributed by atoms with E-state index in [9.17, 15) is 9.59 Å². The van der Waals surface area contributed by atoms with E-state index in [0.717, 1.165) is 0 Å². The van der Waals surface area contributed by atoms with Crippen molar-refractivity contribution in [2.45, 2.75) is 11.3 Å². The number of allylic oxidation sites excluding steroid dienone is 4. The fourth-order valence-electron chi connectivity index (χ4n) is 1.51. The van der Waals surface area contributed by atoms with Gasteiger partial charge < -0.3 is 0 Å². The standard InChI is InChI=1S/C10H7Cl2NO2/c11-6-1-3-10(12,4-2-6)7-5-8(14)13-9(7)15/h1-3,5H,4H2,(H,13,14,15). The van der Waals surface area contributed by atoms with Gasteiger partial charge in [0.05, 0.1) is 4.87 Å². The molecule has 0 spiro atoms. The summed E-state index contributed by atoms with van der Waals surface area (Å²) < 4.78 is 0. The molecule has 1 aliphatic carbocycles. The Morgan fingerprint density at radius 3 is 2.60 bits per heavy atom. The molecule has 1 heterocycles. The van der Waals surface area contributed by atoms with Crippen LogP contribution in [0.25, 0.3) is 0 Å². The van der Waals surface area contributed by atoms with E-state index in [1.165, 1.54) is 6.08 Å². The van der Waals surface area contributed by atoms with Gasteiger partial charge in [-0.2, -0.15) is 0 Å². The molecule has 3 nitrogen and oxygen atoms in total. The van der Waals surface area contributed by atoms with Crippen molar-refractivity contribution in [3.63, 3.8) is 0 Å². The van der Waals surface area contributed by atoms with E-state index in [-0.39, 0.29) is 5.57 Å². The minimum atomic E-state index is -0.950. The lowest BCUT2D eigenvalue weighted by molar-refractivity contribution is -0.123. The van der Waals surface area contributed by atoms with Crippen LogP contribution in [0.15, 0.2) is 34.9 Å². The van der Waals surface area contributed by atoms with E-state index in [2.05, 4.69) is 5.32 Å². The Kier molecular flexibility index (Phi) is 2.44. The number of amides is 2. The van der Waals surface area contributed by atoms with E-state index in [4.69, 9.17) is 23.2 Å². The van der Waals surface area contributed by atoms with Crippen LogP contribution < -0.4 is 5.32 Å². The van der Waals surface area contributed by atoms with Gasteiger partial charge in [-0.3, -0.25) is 14.9 Å². The zero-order chi connectivity index (χ0) is 11.1. The first-order valence-electron chi connectivity index (χ1n) is 4.32. The highest BCUT2D eigenvalue weighted by Crippen LogP contribution is 2.36. The molecule has 1 unspecified atom stereocenters. The van der Waals surface area contributed by atoms with Gasteiger partial charge in [0, 0.05) is 16.7 Å². The molecule has 0 fully saturated rings. The van der Waals surface area contributed by atoms with Crippen LogP contribution in [-0.2, 0) is 9.59 Å². The summed E-state index contributed by atoms with van der Waals surface area (Å²) in [7, 11) is 0. The summed E-state index contributed by atoms with van der Waals surface area (Å²) in [5.41, 5.74) is 0.269. The fraction of sp³-hybridized carbons (Fsp3) is 0.200. The van der Waals surface area contributed by atoms with E-state index in [0.29, 0.717) is 11.5 Å². The predicted octanol–water partition coefficient (Wildman–Crippen LogP) is 1.63. The lowest BCUT2D eigenvalue weighted by Gasteiger charge is -2.24. The second-order valence-electron chi connectivity index (χ2n) is 3.37. The minimum absolute atomic E-state index is 0.269. The third-order valence-electron chi connectivity index (χ3n) is 2.31. The maximum Gasteiger partial charge on any atom is 0.256 e. The highest BCUT2D eigenvalue weighted by Gasteiger charge is 2.38. The summed E-state index contributed by atoms with van der Waals surface area (Å²) in [5, 5.41) is 2.74. The van der Waals surface area contributed by atoms with Gasteiger partial charge in [0.25, 0.3) is 11.8 Å². The number of alkyl halides is 1. The van der Waals surface area contributed by atoms with Crippen molar-refractivity contribution in [2.75, 3.05) is 0 Å². The monoisotopic (exact) mass is 243 g/mol. The number of rotatable bonds is 1. The molecule has 5 heteroatoms. The Bertz CT molecular complexity index is 437. The summed E-state index contributed by atoms with van der Waals surface area (Å²) >= 11 is 12.0. The Balaban J connectivity index is 2.33. The summed E-state index contributed by atoms with van der Waals surface area (Å²) in [4.78, 5) is 21.4. The molecule has 0 aromatic rings. The molecule has 0 aromatic carbocycles. The number of halogens is 2. The van der Waals surface area contributed by atoms with Gasteiger partial charge in [-0.1, -0.05) is 23.8 Å². The number of carbonyl (C=O) groups is 2. The molecule has 2 rings (SSSR count). The normalized spacial score (nSPS) is 30.0. The van der Waals surface area contributed by atoms with Crippen LogP contribution in [0.5, 0.6) is 0 Å². The predicted molar refractivity (Wildman–Crippen MR) is 57.5 cm³/mol. The number of nitrogens with one attached hydrogen (secondary N) is 1. The highest BCUT2D eigenvalue weighted by atomic mass is 35.5. The number of hydrogen-bond acceptors (Lipinski definition) is 2. The third-order valence-corrected chi connectivity index (χ3v) is 3.07.